The number of hydrogen-bond acceptors (Lipinski definition) is 8. The highest BCUT2D eigenvalue weighted by Gasteiger charge is 2.29. The normalized spacial score (nSPS) is 14.6. The number of amides is 2. The Kier molecular flexibility index (Phi) is 9.10. The molecule has 0 saturated carbocycles. The van der Waals surface area contributed by atoms with Gasteiger partial charge in [-0.1, -0.05) is 36.4 Å². The Hall–Kier alpha value is -4.74. The molecule has 1 aliphatic heterocycles. The second-order valence-corrected chi connectivity index (χ2v) is 10.3. The Bertz CT molecular complexity index is 1540. The van der Waals surface area contributed by atoms with Crippen LogP contribution in [0, 0.1) is 0 Å². The number of hydrogen-bond donors (Lipinski definition) is 4. The summed E-state index contributed by atoms with van der Waals surface area (Å²) in [7, 11) is 1.82. The number of aryl methyl sites for hydroxylation is 1. The smallest absolute Gasteiger partial charge is 0.410 e. The summed E-state index contributed by atoms with van der Waals surface area (Å²) >= 11 is 0. The second-order valence-electron chi connectivity index (χ2n) is 10.3. The molecule has 1 atom stereocenters. The average Bonchev–Trinajstić information content (AvgIpc) is 3.65. The number of nitrogens with zero attached hydrogens (tertiary/aromatic N) is 4. The number of pyridine rings is 1. The van der Waals surface area contributed by atoms with E-state index < -0.39 is 6.09 Å². The third-order valence-corrected chi connectivity index (χ3v) is 7.15. The van der Waals surface area contributed by atoms with Crippen LogP contribution in [0.2, 0.25) is 0 Å². The molecule has 4 aromatic rings. The minimum atomic E-state index is -0.465. The van der Waals surface area contributed by atoms with Crippen LogP contribution in [0.1, 0.15) is 28.8 Å². The molecule has 2 aromatic carbocycles. The molecule has 218 valence electrons. The summed E-state index contributed by atoms with van der Waals surface area (Å²) in [6.07, 6.45) is 6.00. The first-order chi connectivity index (χ1) is 20.4. The van der Waals surface area contributed by atoms with Gasteiger partial charge in [0.1, 0.15) is 11.6 Å². The van der Waals surface area contributed by atoms with Gasteiger partial charge >= 0.3 is 6.09 Å². The van der Waals surface area contributed by atoms with E-state index in [1.165, 1.54) is 0 Å². The number of aliphatic hydroxyl groups is 1. The lowest BCUT2D eigenvalue weighted by atomic mass is 10.0. The highest BCUT2D eigenvalue weighted by Crippen LogP contribution is 2.26. The number of nitrogen functional groups attached to an aromatic ring is 1. The van der Waals surface area contributed by atoms with Gasteiger partial charge in [-0.2, -0.15) is 5.10 Å². The molecule has 0 aliphatic carbocycles. The van der Waals surface area contributed by atoms with E-state index in [1.54, 1.807) is 34.1 Å². The molecular formula is C31H35N7O4. The Morgan fingerprint density at radius 3 is 2.67 bits per heavy atom. The molecule has 5 N–H and O–H groups in total. The molecule has 0 unspecified atom stereocenters. The summed E-state index contributed by atoms with van der Waals surface area (Å²) in [5.41, 5.74) is 11.0. The predicted molar refractivity (Wildman–Crippen MR) is 160 cm³/mol. The van der Waals surface area contributed by atoms with Gasteiger partial charge in [-0.25, -0.2) is 9.78 Å². The van der Waals surface area contributed by atoms with E-state index in [-0.39, 0.29) is 29.9 Å². The van der Waals surface area contributed by atoms with Gasteiger partial charge in [0.25, 0.3) is 5.91 Å². The second kappa shape index (κ2) is 13.3. The van der Waals surface area contributed by atoms with Crippen LogP contribution in [-0.4, -0.2) is 69.1 Å². The van der Waals surface area contributed by atoms with Crippen molar-refractivity contribution in [3.05, 3.63) is 84.3 Å². The van der Waals surface area contributed by atoms with Crippen LogP contribution in [-0.2, 0) is 13.6 Å². The lowest BCUT2D eigenvalue weighted by Crippen LogP contribution is -2.39. The fourth-order valence-corrected chi connectivity index (χ4v) is 4.85. The van der Waals surface area contributed by atoms with Gasteiger partial charge in [-0.3, -0.25) is 9.48 Å². The molecule has 1 aliphatic rings. The zero-order chi connectivity index (χ0) is 29.5. The molecular weight excluding hydrogens is 534 g/mol. The van der Waals surface area contributed by atoms with Crippen molar-refractivity contribution in [2.24, 2.45) is 7.05 Å². The summed E-state index contributed by atoms with van der Waals surface area (Å²) in [5.74, 6) is 0.245. The maximum absolute atomic E-state index is 13.1. The van der Waals surface area contributed by atoms with Crippen LogP contribution in [0.25, 0.3) is 22.3 Å². The van der Waals surface area contributed by atoms with Gasteiger partial charge in [-0.05, 0) is 54.3 Å². The van der Waals surface area contributed by atoms with Gasteiger partial charge in [-0.15, -0.1) is 0 Å². The minimum Gasteiger partial charge on any atom is -0.410 e. The molecule has 1 saturated heterocycles. The predicted octanol–water partition coefficient (Wildman–Crippen LogP) is 3.21. The molecule has 0 bridgehead atoms. The zero-order valence-electron chi connectivity index (χ0n) is 23.5. The number of carbonyl (C=O) groups excluding carboxylic acids is 2. The van der Waals surface area contributed by atoms with Gasteiger partial charge in [0.2, 0.25) is 0 Å². The van der Waals surface area contributed by atoms with Gasteiger partial charge in [0.05, 0.1) is 11.8 Å². The largest absolute Gasteiger partial charge is 0.415 e. The fraction of sp³-hybridized carbons (Fsp3) is 0.290. The first-order valence-electron chi connectivity index (χ1n) is 13.9. The number of likely N-dealkylation sites (tertiary alicyclic amines) is 1. The lowest BCUT2D eigenvalue weighted by molar-refractivity contribution is 0.0937. The number of benzene rings is 2. The van der Waals surface area contributed by atoms with Crippen LogP contribution in [0.3, 0.4) is 0 Å². The van der Waals surface area contributed by atoms with E-state index in [4.69, 9.17) is 15.6 Å². The van der Waals surface area contributed by atoms with E-state index in [9.17, 15) is 9.59 Å². The highest BCUT2D eigenvalue weighted by atomic mass is 16.6. The molecule has 3 heterocycles. The Balaban J connectivity index is 1.15. The van der Waals surface area contributed by atoms with Crippen LogP contribution in [0.4, 0.5) is 10.6 Å². The maximum atomic E-state index is 13.1. The number of nitrogens with two attached hydrogens (primary N) is 1. The molecule has 42 heavy (non-hydrogen) atoms. The van der Waals surface area contributed by atoms with E-state index >= 15 is 0 Å². The third-order valence-electron chi connectivity index (χ3n) is 7.15. The van der Waals surface area contributed by atoms with Crippen LogP contribution < -0.4 is 21.1 Å². The SMILES string of the molecule is Cn1cc(-c2cnc(N)c(C(=O)N[C@@H]3CCN(C(=O)Oc4cccc(-c5ccc(CNCCCO)cc5)c4)C3)c2)cn1. The van der Waals surface area contributed by atoms with E-state index in [1.807, 2.05) is 43.6 Å². The molecule has 1 fully saturated rings. The summed E-state index contributed by atoms with van der Waals surface area (Å²) in [6.45, 7) is 2.46. The van der Waals surface area contributed by atoms with Crippen LogP contribution >= 0.6 is 0 Å². The van der Waals surface area contributed by atoms with Crippen molar-refractivity contribution in [2.75, 3.05) is 32.0 Å². The molecule has 11 heteroatoms. The van der Waals surface area contributed by atoms with Crippen molar-refractivity contribution < 1.29 is 19.4 Å². The van der Waals surface area contributed by atoms with Crippen LogP contribution in [0.15, 0.2) is 73.2 Å². The summed E-state index contributed by atoms with van der Waals surface area (Å²) in [6, 6.07) is 17.0. The van der Waals surface area contributed by atoms with Crippen molar-refractivity contribution in [2.45, 2.75) is 25.4 Å². The standard InChI is InChI=1S/C31H35N7O4/c1-37-19-25(18-35-37)24-15-28(29(32)34-17-24)30(40)36-26-10-12-38(20-26)31(41)42-27-5-2-4-23(14-27)22-8-6-21(7-9-22)16-33-11-3-13-39/h2,4-9,14-15,17-19,26,33,39H,3,10-13,16,20H2,1H3,(H2,32,34)(H,36,40)/t26-/m1/s1. The number of rotatable bonds is 10. The first kappa shape index (κ1) is 28.8. The Labute approximate surface area is 244 Å². The van der Waals surface area contributed by atoms with E-state index in [2.05, 4.69) is 32.8 Å². The number of carbonyl (C=O) groups is 2. The monoisotopic (exact) mass is 569 g/mol. The zero-order valence-corrected chi connectivity index (χ0v) is 23.5. The fourth-order valence-electron chi connectivity index (χ4n) is 4.85. The molecule has 2 aromatic heterocycles. The summed E-state index contributed by atoms with van der Waals surface area (Å²) < 4.78 is 7.36. The van der Waals surface area contributed by atoms with E-state index in [0.717, 1.165) is 47.3 Å². The summed E-state index contributed by atoms with van der Waals surface area (Å²) in [4.78, 5) is 31.8. The third kappa shape index (κ3) is 7.12. The number of aromatic nitrogens is 3. The maximum Gasteiger partial charge on any atom is 0.415 e. The molecule has 5 rings (SSSR count). The Morgan fingerprint density at radius 2 is 1.90 bits per heavy atom. The molecule has 2 amide bonds. The van der Waals surface area contributed by atoms with Gasteiger partial charge < -0.3 is 31.1 Å². The minimum absolute atomic E-state index is 0.138. The van der Waals surface area contributed by atoms with Gasteiger partial charge in [0, 0.05) is 62.9 Å². The highest BCUT2D eigenvalue weighted by molar-refractivity contribution is 5.99. The molecule has 0 radical (unpaired) electrons. The lowest BCUT2D eigenvalue weighted by Gasteiger charge is -2.17. The van der Waals surface area contributed by atoms with Crippen molar-refractivity contribution in [1.29, 1.82) is 0 Å². The van der Waals surface area contributed by atoms with Gasteiger partial charge in [0.15, 0.2) is 0 Å². The number of ether oxygens (including phenoxy) is 1. The number of aliphatic hydroxyl groups excluding tert-OH is 1. The Morgan fingerprint density at radius 1 is 1.07 bits per heavy atom. The molecule has 0 spiro atoms. The van der Waals surface area contributed by atoms with Crippen molar-refractivity contribution in [1.82, 2.24) is 30.3 Å². The topological polar surface area (TPSA) is 148 Å². The number of nitrogens with one attached hydrogen (secondary N) is 2. The summed E-state index contributed by atoms with van der Waals surface area (Å²) in [5, 5.41) is 19.3. The van der Waals surface area contributed by atoms with E-state index in [0.29, 0.717) is 25.3 Å². The average molecular weight is 570 g/mol. The van der Waals surface area contributed by atoms with Crippen molar-refractivity contribution in [3.8, 4) is 28.0 Å². The molecule has 11 nitrogen and oxygen atoms in total. The van der Waals surface area contributed by atoms with Crippen LogP contribution in [0.5, 0.6) is 5.75 Å². The number of anilines is 1. The van der Waals surface area contributed by atoms with Crippen molar-refractivity contribution in [3.63, 3.8) is 0 Å². The first-order valence-corrected chi connectivity index (χ1v) is 13.9. The quantitative estimate of drug-likeness (QED) is 0.213. The van der Waals surface area contributed by atoms with Crippen molar-refractivity contribution >= 4 is 17.8 Å².